The van der Waals surface area contributed by atoms with Crippen molar-refractivity contribution >= 4 is 31.9 Å². The smallest absolute Gasteiger partial charge is 0.269 e. The fourth-order valence-electron chi connectivity index (χ4n) is 2.11. The van der Waals surface area contributed by atoms with Crippen LogP contribution in [-0.2, 0) is 0 Å². The summed E-state index contributed by atoms with van der Waals surface area (Å²) in [6.07, 6.45) is -0.517. The van der Waals surface area contributed by atoms with E-state index < -0.39 is 6.29 Å². The third-order valence-corrected chi connectivity index (χ3v) is 4.20. The van der Waals surface area contributed by atoms with E-state index in [1.165, 1.54) is 0 Å². The molecule has 0 saturated heterocycles. The molecule has 0 fully saturated rings. The van der Waals surface area contributed by atoms with E-state index in [2.05, 4.69) is 37.9 Å². The van der Waals surface area contributed by atoms with Crippen molar-refractivity contribution in [3.63, 3.8) is 0 Å². The van der Waals surface area contributed by atoms with Gasteiger partial charge in [-0.15, -0.1) is 0 Å². The Morgan fingerprint density at radius 1 is 0.950 bits per heavy atom. The quantitative estimate of drug-likeness (QED) is 0.721. The predicted molar refractivity (Wildman–Crippen MR) is 77.2 cm³/mol. The Hall–Kier alpha value is -1.40. The molecule has 2 heterocycles. The van der Waals surface area contributed by atoms with Crippen LogP contribution in [0.1, 0.15) is 11.9 Å². The standard InChI is InChI=1S/C14H7Br2O4/c15-7-1-2-10-13(3-7)20-14(19-10)8-4-11-12(5-9(8)16)18-6-17-11/h2-5,14H,6H2. The van der Waals surface area contributed by atoms with Crippen LogP contribution >= 0.6 is 31.9 Å². The highest BCUT2D eigenvalue weighted by Crippen LogP contribution is 2.46. The Labute approximate surface area is 131 Å². The Morgan fingerprint density at radius 2 is 1.70 bits per heavy atom. The molecule has 0 saturated carbocycles. The Balaban J connectivity index is 1.70. The molecule has 0 N–H and O–H groups in total. The molecule has 4 nitrogen and oxygen atoms in total. The maximum Gasteiger partial charge on any atom is 0.269 e. The summed E-state index contributed by atoms with van der Waals surface area (Å²) in [5.41, 5.74) is 0.849. The molecule has 0 aliphatic carbocycles. The molecule has 101 valence electrons. The van der Waals surface area contributed by atoms with Crippen LogP contribution in [0.15, 0.2) is 33.2 Å². The minimum absolute atomic E-state index is 0.236. The number of rotatable bonds is 1. The van der Waals surface area contributed by atoms with Gasteiger partial charge in [-0.05, 0) is 24.3 Å². The number of hydrogen-bond donors (Lipinski definition) is 0. The number of ether oxygens (including phenoxy) is 4. The van der Waals surface area contributed by atoms with Gasteiger partial charge in [0, 0.05) is 15.0 Å². The van der Waals surface area contributed by atoms with Crippen molar-refractivity contribution in [1.29, 1.82) is 0 Å². The first kappa shape index (κ1) is 12.3. The number of fused-ring (bicyclic) bond motifs is 2. The molecule has 2 aliphatic rings. The molecule has 0 amide bonds. The van der Waals surface area contributed by atoms with Gasteiger partial charge in [-0.25, -0.2) is 0 Å². The van der Waals surface area contributed by atoms with Crippen LogP contribution in [-0.4, -0.2) is 6.79 Å². The van der Waals surface area contributed by atoms with Crippen LogP contribution in [0.4, 0.5) is 0 Å². The fraction of sp³-hybridized carbons (Fsp3) is 0.143. The Morgan fingerprint density at radius 3 is 2.55 bits per heavy atom. The number of benzene rings is 2. The summed E-state index contributed by atoms with van der Waals surface area (Å²) in [5.74, 6) is 2.76. The van der Waals surface area contributed by atoms with E-state index in [4.69, 9.17) is 18.9 Å². The first-order valence-electron chi connectivity index (χ1n) is 5.84. The molecule has 2 aromatic carbocycles. The van der Waals surface area contributed by atoms with Gasteiger partial charge in [0.15, 0.2) is 23.0 Å². The predicted octanol–water partition coefficient (Wildman–Crippen LogP) is 4.21. The molecular formula is C14H7Br2O4. The van der Waals surface area contributed by atoms with Crippen LogP contribution in [0.3, 0.4) is 0 Å². The zero-order valence-corrected chi connectivity index (χ0v) is 13.2. The third kappa shape index (κ3) is 1.94. The van der Waals surface area contributed by atoms with Crippen molar-refractivity contribution in [1.82, 2.24) is 0 Å². The molecule has 0 spiro atoms. The van der Waals surface area contributed by atoms with Crippen LogP contribution in [0, 0.1) is 6.07 Å². The lowest BCUT2D eigenvalue weighted by Crippen LogP contribution is -2.08. The number of halogens is 2. The average Bonchev–Trinajstić information content (AvgIpc) is 3.02. The molecule has 2 aromatic rings. The molecular weight excluding hydrogens is 392 g/mol. The Bertz CT molecular complexity index is 702. The van der Waals surface area contributed by atoms with Gasteiger partial charge in [-0.3, -0.25) is 0 Å². The van der Waals surface area contributed by atoms with E-state index in [0.29, 0.717) is 23.0 Å². The second-order valence-corrected chi connectivity index (χ2v) is 6.01. The lowest BCUT2D eigenvalue weighted by molar-refractivity contribution is 0.0478. The van der Waals surface area contributed by atoms with Crippen molar-refractivity contribution in [2.45, 2.75) is 6.29 Å². The van der Waals surface area contributed by atoms with Crippen LogP contribution in [0.2, 0.25) is 0 Å². The van der Waals surface area contributed by atoms with E-state index in [1.54, 1.807) is 6.07 Å². The fourth-order valence-corrected chi connectivity index (χ4v) is 2.94. The van der Waals surface area contributed by atoms with Gasteiger partial charge in [-0.1, -0.05) is 31.9 Å². The average molecular weight is 399 g/mol. The highest BCUT2D eigenvalue weighted by molar-refractivity contribution is 9.10. The summed E-state index contributed by atoms with van der Waals surface area (Å²) in [6, 6.07) is 10.3. The summed E-state index contributed by atoms with van der Waals surface area (Å²) in [5, 5.41) is 0. The van der Waals surface area contributed by atoms with E-state index in [1.807, 2.05) is 18.2 Å². The first-order valence-corrected chi connectivity index (χ1v) is 7.43. The zero-order chi connectivity index (χ0) is 13.7. The molecule has 4 rings (SSSR count). The van der Waals surface area contributed by atoms with Crippen molar-refractivity contribution in [3.8, 4) is 23.0 Å². The van der Waals surface area contributed by atoms with Crippen molar-refractivity contribution < 1.29 is 18.9 Å². The molecule has 20 heavy (non-hydrogen) atoms. The molecule has 0 aromatic heterocycles. The molecule has 1 atom stereocenters. The van der Waals surface area contributed by atoms with Gasteiger partial charge in [0.2, 0.25) is 6.79 Å². The lowest BCUT2D eigenvalue weighted by atomic mass is 10.2. The minimum atomic E-state index is -0.517. The van der Waals surface area contributed by atoms with E-state index in [-0.39, 0.29) is 6.79 Å². The minimum Gasteiger partial charge on any atom is -0.454 e. The van der Waals surface area contributed by atoms with E-state index >= 15 is 0 Å². The topological polar surface area (TPSA) is 36.9 Å². The summed E-state index contributed by atoms with van der Waals surface area (Å²) in [7, 11) is 0. The largest absolute Gasteiger partial charge is 0.454 e. The van der Waals surface area contributed by atoms with Gasteiger partial charge in [0.1, 0.15) is 0 Å². The highest BCUT2D eigenvalue weighted by Gasteiger charge is 2.30. The van der Waals surface area contributed by atoms with Crippen LogP contribution in [0.25, 0.3) is 0 Å². The van der Waals surface area contributed by atoms with Gasteiger partial charge in [0.25, 0.3) is 6.29 Å². The van der Waals surface area contributed by atoms with Gasteiger partial charge < -0.3 is 18.9 Å². The SMILES string of the molecule is Brc1[c]cc2c(c1)OC(c1cc3c(cc1Br)OCO3)O2. The van der Waals surface area contributed by atoms with E-state index in [9.17, 15) is 0 Å². The normalized spacial score (nSPS) is 18.4. The second kappa shape index (κ2) is 4.56. The maximum atomic E-state index is 5.82. The number of hydrogen-bond acceptors (Lipinski definition) is 4. The van der Waals surface area contributed by atoms with Gasteiger partial charge in [-0.2, -0.15) is 0 Å². The van der Waals surface area contributed by atoms with Crippen molar-refractivity contribution in [2.75, 3.05) is 6.79 Å². The zero-order valence-electron chi connectivity index (χ0n) is 9.98. The second-order valence-electron chi connectivity index (χ2n) is 4.30. The monoisotopic (exact) mass is 397 g/mol. The van der Waals surface area contributed by atoms with E-state index in [0.717, 1.165) is 14.5 Å². The first-order chi connectivity index (χ1) is 9.70. The Kier molecular flexibility index (Phi) is 2.82. The summed E-state index contributed by atoms with van der Waals surface area (Å²) in [6.45, 7) is 0.236. The highest BCUT2D eigenvalue weighted by atomic mass is 79.9. The van der Waals surface area contributed by atoms with Gasteiger partial charge >= 0.3 is 0 Å². The van der Waals surface area contributed by atoms with Crippen LogP contribution < -0.4 is 18.9 Å². The molecule has 2 aliphatic heterocycles. The van der Waals surface area contributed by atoms with Crippen molar-refractivity contribution in [2.24, 2.45) is 0 Å². The lowest BCUT2D eigenvalue weighted by Gasteiger charge is -2.13. The molecule has 0 bridgehead atoms. The van der Waals surface area contributed by atoms with Gasteiger partial charge in [0.05, 0.1) is 5.56 Å². The van der Waals surface area contributed by atoms with Crippen LogP contribution in [0.5, 0.6) is 23.0 Å². The molecule has 6 heteroatoms. The molecule has 1 radical (unpaired) electrons. The third-order valence-electron chi connectivity index (χ3n) is 3.06. The molecule has 1 unspecified atom stereocenters. The summed E-state index contributed by atoms with van der Waals surface area (Å²) in [4.78, 5) is 0. The summed E-state index contributed by atoms with van der Waals surface area (Å²) >= 11 is 6.87. The summed E-state index contributed by atoms with van der Waals surface area (Å²) < 4.78 is 24.0. The van der Waals surface area contributed by atoms with Crippen molar-refractivity contribution in [3.05, 3.63) is 44.8 Å². The maximum absolute atomic E-state index is 5.82.